The van der Waals surface area contributed by atoms with Gasteiger partial charge in [-0.3, -0.25) is 9.59 Å². The van der Waals surface area contributed by atoms with Crippen molar-refractivity contribution in [3.63, 3.8) is 0 Å². The number of nitrogens with two attached hydrogens (primary N) is 1. The average Bonchev–Trinajstić information content (AvgIpc) is 2.78. The molecular formula is C13H16N4O5. The molecule has 0 unspecified atom stereocenters. The highest BCUT2D eigenvalue weighted by molar-refractivity contribution is 6.03. The highest BCUT2D eigenvalue weighted by Gasteiger charge is 2.33. The number of hydroxylamine groups is 2. The molecule has 1 fully saturated rings. The molecular weight excluding hydrogens is 292 g/mol. The number of carbonyl (C=O) groups excluding carboxylic acids is 4. The quantitative estimate of drug-likeness (QED) is 0.459. The zero-order valence-electron chi connectivity index (χ0n) is 12.2. The number of imide groups is 1. The van der Waals surface area contributed by atoms with E-state index in [1.165, 1.54) is 32.2 Å². The molecule has 0 aliphatic carbocycles. The smallest absolute Gasteiger partial charge is 0.325 e. The second-order valence-electron chi connectivity index (χ2n) is 4.41. The largest absolute Gasteiger partial charge is 0.367 e. The molecule has 9 heteroatoms. The normalized spacial score (nSPS) is 13.3. The summed E-state index contributed by atoms with van der Waals surface area (Å²) in [7, 11) is 0. The molecule has 1 aliphatic heterocycles. The van der Waals surface area contributed by atoms with Crippen molar-refractivity contribution in [2.24, 2.45) is 5.84 Å². The van der Waals surface area contributed by atoms with E-state index in [4.69, 9.17) is 10.7 Å². The van der Waals surface area contributed by atoms with Crippen molar-refractivity contribution in [1.29, 1.82) is 0 Å². The van der Waals surface area contributed by atoms with Crippen molar-refractivity contribution >= 4 is 29.4 Å². The first-order valence-corrected chi connectivity index (χ1v) is 6.33. The molecule has 1 saturated heterocycles. The topological polar surface area (TPSA) is 132 Å². The van der Waals surface area contributed by atoms with Crippen LogP contribution in [0.5, 0.6) is 0 Å². The van der Waals surface area contributed by atoms with E-state index in [0.717, 1.165) is 0 Å². The second-order valence-corrected chi connectivity index (χ2v) is 4.41. The van der Waals surface area contributed by atoms with Crippen LogP contribution in [0.25, 0.3) is 0 Å². The second kappa shape index (κ2) is 7.84. The molecule has 0 bridgehead atoms. The van der Waals surface area contributed by atoms with Crippen molar-refractivity contribution in [3.05, 3.63) is 23.9 Å². The minimum atomic E-state index is -0.875. The number of hydrogen-bond donors (Lipinski definition) is 2. The molecule has 2 heterocycles. The first-order chi connectivity index (χ1) is 10.4. The predicted octanol–water partition coefficient (Wildman–Crippen LogP) is 0.183. The molecule has 1 aliphatic rings. The Bertz CT molecular complexity index is 582. The third kappa shape index (κ3) is 4.63. The lowest BCUT2D eigenvalue weighted by Gasteiger charge is -2.13. The van der Waals surface area contributed by atoms with Crippen LogP contribution >= 0.6 is 0 Å². The molecule has 2 amide bonds. The van der Waals surface area contributed by atoms with Gasteiger partial charge in [0.25, 0.3) is 11.8 Å². The number of rotatable bonds is 3. The Hall–Kier alpha value is -2.81. The van der Waals surface area contributed by atoms with Crippen molar-refractivity contribution in [2.75, 3.05) is 5.43 Å². The number of nitrogen functional groups attached to an aromatic ring is 1. The number of pyridine rings is 1. The van der Waals surface area contributed by atoms with Crippen molar-refractivity contribution in [1.82, 2.24) is 10.0 Å². The van der Waals surface area contributed by atoms with Crippen LogP contribution in [0.4, 0.5) is 5.82 Å². The van der Waals surface area contributed by atoms with Crippen molar-refractivity contribution < 1.29 is 24.0 Å². The summed E-state index contributed by atoms with van der Waals surface area (Å²) in [5.41, 5.74) is 2.26. The first kappa shape index (κ1) is 17.2. The number of nitrogens with zero attached hydrogens (tertiary/aromatic N) is 2. The lowest BCUT2D eigenvalue weighted by molar-refractivity contribution is -0.172. The summed E-state index contributed by atoms with van der Waals surface area (Å²) in [6, 6.07) is 2.92. The van der Waals surface area contributed by atoms with Crippen LogP contribution in [0.2, 0.25) is 0 Å². The van der Waals surface area contributed by atoms with E-state index in [9.17, 15) is 19.2 Å². The maximum Gasteiger partial charge on any atom is 0.367 e. The van der Waals surface area contributed by atoms with Gasteiger partial charge < -0.3 is 15.1 Å². The fraction of sp³-hybridized carbons (Fsp3) is 0.308. The Labute approximate surface area is 126 Å². The SMILES string of the molecule is CC(C)=O.NNc1ncccc1C(=O)ON1C(=O)CCC1=O. The Morgan fingerprint density at radius 1 is 1.27 bits per heavy atom. The van der Waals surface area contributed by atoms with Gasteiger partial charge in [0.1, 0.15) is 11.3 Å². The van der Waals surface area contributed by atoms with E-state index in [2.05, 4.69) is 10.4 Å². The zero-order chi connectivity index (χ0) is 16.7. The predicted molar refractivity (Wildman–Crippen MR) is 74.9 cm³/mol. The van der Waals surface area contributed by atoms with E-state index in [0.29, 0.717) is 5.06 Å². The number of carbonyl (C=O) groups is 4. The van der Waals surface area contributed by atoms with Crippen LogP contribution in [0.1, 0.15) is 37.0 Å². The third-order valence-electron chi connectivity index (χ3n) is 2.34. The molecule has 0 atom stereocenters. The van der Waals surface area contributed by atoms with Crippen molar-refractivity contribution in [2.45, 2.75) is 26.7 Å². The number of aromatic nitrogens is 1. The van der Waals surface area contributed by atoms with Gasteiger partial charge in [-0.1, -0.05) is 0 Å². The monoisotopic (exact) mass is 308 g/mol. The van der Waals surface area contributed by atoms with E-state index in [1.54, 1.807) is 0 Å². The summed E-state index contributed by atoms with van der Waals surface area (Å²) >= 11 is 0. The van der Waals surface area contributed by atoms with Crippen LogP contribution in [0.3, 0.4) is 0 Å². The zero-order valence-corrected chi connectivity index (χ0v) is 12.2. The van der Waals surface area contributed by atoms with Gasteiger partial charge in [-0.25, -0.2) is 15.6 Å². The van der Waals surface area contributed by atoms with Crippen LogP contribution < -0.4 is 11.3 Å². The van der Waals surface area contributed by atoms with Gasteiger partial charge in [0, 0.05) is 19.0 Å². The lowest BCUT2D eigenvalue weighted by atomic mass is 10.2. The number of amides is 2. The molecule has 9 nitrogen and oxygen atoms in total. The lowest BCUT2D eigenvalue weighted by Crippen LogP contribution is -2.32. The highest BCUT2D eigenvalue weighted by atomic mass is 16.7. The van der Waals surface area contributed by atoms with Gasteiger partial charge >= 0.3 is 5.97 Å². The number of hydrazine groups is 1. The van der Waals surface area contributed by atoms with Gasteiger partial charge in [0.05, 0.1) is 0 Å². The fourth-order valence-electron chi connectivity index (χ4n) is 1.47. The minimum Gasteiger partial charge on any atom is -0.325 e. The summed E-state index contributed by atoms with van der Waals surface area (Å²) in [5, 5.41) is 0.468. The number of hydrogen-bond acceptors (Lipinski definition) is 8. The fourth-order valence-corrected chi connectivity index (χ4v) is 1.47. The Balaban J connectivity index is 0.000000541. The summed E-state index contributed by atoms with van der Waals surface area (Å²) < 4.78 is 0. The maximum atomic E-state index is 11.8. The first-order valence-electron chi connectivity index (χ1n) is 6.33. The Kier molecular flexibility index (Phi) is 6.14. The van der Waals surface area contributed by atoms with Crippen molar-refractivity contribution in [3.8, 4) is 0 Å². The molecule has 0 aromatic carbocycles. The van der Waals surface area contributed by atoms with E-state index < -0.39 is 17.8 Å². The molecule has 22 heavy (non-hydrogen) atoms. The Morgan fingerprint density at radius 2 is 1.82 bits per heavy atom. The molecule has 2 rings (SSSR count). The molecule has 1 aromatic heterocycles. The summed E-state index contributed by atoms with van der Waals surface area (Å²) in [5.74, 6) is 3.49. The number of Topliss-reactive ketones (excluding diaryl/α,β-unsaturated/α-hetero) is 1. The number of nitrogens with one attached hydrogen (secondary N) is 1. The standard InChI is InChI=1S/C10H10N4O4.C3H6O/c11-13-9-6(2-1-5-12-9)10(17)18-14-7(15)3-4-8(14)16;1-3(2)4/h1-2,5H,3-4,11H2,(H,12,13);1-2H3. The third-order valence-corrected chi connectivity index (χ3v) is 2.34. The number of ketones is 1. The maximum absolute atomic E-state index is 11.8. The van der Waals surface area contributed by atoms with Crippen LogP contribution in [-0.2, 0) is 19.2 Å². The van der Waals surface area contributed by atoms with Gasteiger partial charge in [-0.05, 0) is 26.0 Å². The molecule has 0 radical (unpaired) electrons. The van der Waals surface area contributed by atoms with Gasteiger partial charge in [-0.2, -0.15) is 0 Å². The Morgan fingerprint density at radius 3 is 2.32 bits per heavy atom. The van der Waals surface area contributed by atoms with E-state index >= 15 is 0 Å². The average molecular weight is 308 g/mol. The molecule has 0 spiro atoms. The number of anilines is 1. The summed E-state index contributed by atoms with van der Waals surface area (Å²) in [4.78, 5) is 52.3. The molecule has 3 N–H and O–H groups in total. The summed E-state index contributed by atoms with van der Waals surface area (Å²) in [6.07, 6.45) is 1.51. The van der Waals surface area contributed by atoms with Crippen LogP contribution in [0, 0.1) is 0 Å². The van der Waals surface area contributed by atoms with Crippen LogP contribution in [-0.4, -0.2) is 33.6 Å². The van der Waals surface area contributed by atoms with E-state index in [1.807, 2.05) is 0 Å². The molecule has 1 aromatic rings. The molecule has 118 valence electrons. The van der Waals surface area contributed by atoms with Gasteiger partial charge in [0.15, 0.2) is 5.82 Å². The van der Waals surface area contributed by atoms with Gasteiger partial charge in [-0.15, -0.1) is 5.06 Å². The summed E-state index contributed by atoms with van der Waals surface area (Å²) in [6.45, 7) is 3.06. The minimum absolute atomic E-state index is 0.0347. The van der Waals surface area contributed by atoms with E-state index in [-0.39, 0.29) is 30.0 Å². The molecule has 0 saturated carbocycles. The highest BCUT2D eigenvalue weighted by Crippen LogP contribution is 2.16. The van der Waals surface area contributed by atoms with Gasteiger partial charge in [0.2, 0.25) is 0 Å². The van der Waals surface area contributed by atoms with Crippen LogP contribution in [0.15, 0.2) is 18.3 Å².